The number of nitro groups is 1. The van der Waals surface area contributed by atoms with E-state index in [-0.39, 0.29) is 18.3 Å². The van der Waals surface area contributed by atoms with Gasteiger partial charge in [-0.3, -0.25) is 9.59 Å². The maximum absolute atomic E-state index is 12.4. The van der Waals surface area contributed by atoms with Gasteiger partial charge in [-0.05, 0) is 73.6 Å². The van der Waals surface area contributed by atoms with Crippen LogP contribution < -0.4 is 10.6 Å². The lowest BCUT2D eigenvalue weighted by molar-refractivity contribution is -0.389. The minimum Gasteiger partial charge on any atom is -0.444 e. The molecule has 0 saturated heterocycles. The van der Waals surface area contributed by atoms with Gasteiger partial charge in [-0.1, -0.05) is 18.2 Å². The van der Waals surface area contributed by atoms with E-state index in [2.05, 4.69) is 15.7 Å². The summed E-state index contributed by atoms with van der Waals surface area (Å²) in [5.74, 6) is -0.909. The van der Waals surface area contributed by atoms with Gasteiger partial charge in [-0.25, -0.2) is 4.79 Å². The summed E-state index contributed by atoms with van der Waals surface area (Å²) in [6.07, 6.45) is 4.52. The molecule has 1 aliphatic rings. The van der Waals surface area contributed by atoms with Crippen LogP contribution in [0.25, 0.3) is 16.8 Å². The summed E-state index contributed by atoms with van der Waals surface area (Å²) < 4.78 is 6.65. The van der Waals surface area contributed by atoms with Crippen molar-refractivity contribution in [3.63, 3.8) is 0 Å². The molecule has 0 spiro atoms. The predicted octanol–water partition coefficient (Wildman–Crippen LogP) is 4.10. The first-order chi connectivity index (χ1) is 18.9. The van der Waals surface area contributed by atoms with Crippen molar-refractivity contribution in [2.24, 2.45) is 0 Å². The zero-order valence-electron chi connectivity index (χ0n) is 22.6. The number of nitrogens with zero attached hydrogens (tertiary/aromatic N) is 4. The Balaban J connectivity index is 1.49. The summed E-state index contributed by atoms with van der Waals surface area (Å²) in [5.41, 5.74) is 2.59. The van der Waals surface area contributed by atoms with Crippen LogP contribution in [0.2, 0.25) is 0 Å². The summed E-state index contributed by atoms with van der Waals surface area (Å²) in [7, 11) is 1.57. The maximum atomic E-state index is 12.4. The van der Waals surface area contributed by atoms with Gasteiger partial charge in [-0.2, -0.15) is 0 Å². The van der Waals surface area contributed by atoms with Crippen molar-refractivity contribution in [3.05, 3.63) is 82.1 Å². The number of hydrogen-bond acceptors (Lipinski definition) is 7. The highest BCUT2D eigenvalue weighted by Crippen LogP contribution is 2.32. The van der Waals surface area contributed by atoms with Crippen LogP contribution >= 0.6 is 0 Å². The number of carbonyl (C=O) groups is 3. The number of rotatable bonds is 7. The maximum Gasteiger partial charge on any atom is 0.410 e. The number of amides is 3. The number of fused-ring (bicyclic) bond motifs is 1. The Morgan fingerprint density at radius 3 is 2.73 bits per heavy atom. The van der Waals surface area contributed by atoms with Crippen molar-refractivity contribution in [1.82, 2.24) is 20.0 Å². The van der Waals surface area contributed by atoms with Gasteiger partial charge < -0.3 is 30.4 Å². The molecule has 0 fully saturated rings. The van der Waals surface area contributed by atoms with E-state index < -0.39 is 22.5 Å². The lowest BCUT2D eigenvalue weighted by atomic mass is 9.96. The Kier molecular flexibility index (Phi) is 7.98. The third kappa shape index (κ3) is 6.70. The number of nitrogens with one attached hydrogen (secondary N) is 2. The minimum atomic E-state index is -0.619. The molecule has 3 amide bonds. The Morgan fingerprint density at radius 1 is 1.23 bits per heavy atom. The van der Waals surface area contributed by atoms with Crippen LogP contribution in [0.15, 0.2) is 60.8 Å². The van der Waals surface area contributed by atoms with Gasteiger partial charge in [-0.15, -0.1) is 4.68 Å². The summed E-state index contributed by atoms with van der Waals surface area (Å²) >= 11 is 0. The number of carbonyl (C=O) groups excluding carboxylic acids is 3. The zero-order chi connectivity index (χ0) is 29.0. The predicted molar refractivity (Wildman–Crippen MR) is 148 cm³/mol. The SMILES string of the molecule is CN(C/C=C/C(=O)Nc1cccc(-n2cc(-c3ccc4c(c3)CCNC4=O)c([N+](=O)[O-])n2)c1)C(=O)OC(C)(C)C. The molecule has 208 valence electrons. The molecule has 4 rings (SSSR count). The third-order valence-corrected chi connectivity index (χ3v) is 5.94. The van der Waals surface area contributed by atoms with Crippen molar-refractivity contribution in [3.8, 4) is 16.8 Å². The van der Waals surface area contributed by atoms with Gasteiger partial charge in [0.05, 0.1) is 17.0 Å². The molecule has 12 nitrogen and oxygen atoms in total. The van der Waals surface area contributed by atoms with Crippen molar-refractivity contribution >= 4 is 29.4 Å². The second-order valence-electron chi connectivity index (χ2n) is 10.2. The van der Waals surface area contributed by atoms with Crippen molar-refractivity contribution in [2.75, 3.05) is 25.5 Å². The molecule has 0 bridgehead atoms. The Bertz CT molecular complexity index is 1500. The van der Waals surface area contributed by atoms with E-state index in [0.29, 0.717) is 41.0 Å². The molecule has 40 heavy (non-hydrogen) atoms. The Morgan fingerprint density at radius 2 is 2.00 bits per heavy atom. The largest absolute Gasteiger partial charge is 0.444 e. The first-order valence-corrected chi connectivity index (χ1v) is 12.6. The van der Waals surface area contributed by atoms with Crippen molar-refractivity contribution in [2.45, 2.75) is 32.8 Å². The fraction of sp³-hybridized carbons (Fsp3) is 0.286. The zero-order valence-corrected chi connectivity index (χ0v) is 22.6. The van der Waals surface area contributed by atoms with E-state index in [0.717, 1.165) is 5.56 Å². The van der Waals surface area contributed by atoms with Crippen LogP contribution in [0.4, 0.5) is 16.3 Å². The van der Waals surface area contributed by atoms with Crippen molar-refractivity contribution in [1.29, 1.82) is 0 Å². The summed E-state index contributed by atoms with van der Waals surface area (Å²) in [5, 5.41) is 21.5. The van der Waals surface area contributed by atoms with E-state index in [1.54, 1.807) is 76.5 Å². The van der Waals surface area contributed by atoms with Gasteiger partial charge in [0.15, 0.2) is 0 Å². The summed E-state index contributed by atoms with van der Waals surface area (Å²) in [6, 6.07) is 11.8. The molecule has 0 radical (unpaired) electrons. The minimum absolute atomic E-state index is 0.165. The first kappa shape index (κ1) is 28.0. The van der Waals surface area contributed by atoms with Crippen LogP contribution in [-0.4, -0.2) is 63.2 Å². The van der Waals surface area contributed by atoms with E-state index in [4.69, 9.17) is 4.74 Å². The van der Waals surface area contributed by atoms with Gasteiger partial charge in [0.1, 0.15) is 11.2 Å². The number of aromatic nitrogens is 2. The third-order valence-electron chi connectivity index (χ3n) is 5.94. The topological polar surface area (TPSA) is 149 Å². The molecule has 0 unspecified atom stereocenters. The molecule has 2 N–H and O–H groups in total. The Labute approximate surface area is 230 Å². The summed E-state index contributed by atoms with van der Waals surface area (Å²) in [4.78, 5) is 49.2. The van der Waals surface area contributed by atoms with Crippen LogP contribution in [0.3, 0.4) is 0 Å². The highest BCUT2D eigenvalue weighted by atomic mass is 16.6. The molecule has 1 aromatic heterocycles. The van der Waals surface area contributed by atoms with Gasteiger partial charge in [0, 0.05) is 37.5 Å². The number of anilines is 1. The normalized spacial score (nSPS) is 12.9. The number of benzene rings is 2. The van der Waals surface area contributed by atoms with E-state index in [1.165, 1.54) is 21.7 Å². The Hall–Kier alpha value is -5.00. The average molecular weight is 547 g/mol. The second-order valence-corrected chi connectivity index (χ2v) is 10.2. The molecular weight excluding hydrogens is 516 g/mol. The highest BCUT2D eigenvalue weighted by Gasteiger charge is 2.25. The smallest absolute Gasteiger partial charge is 0.410 e. The lowest BCUT2D eigenvalue weighted by Crippen LogP contribution is -2.34. The highest BCUT2D eigenvalue weighted by molar-refractivity contribution is 5.99. The fourth-order valence-electron chi connectivity index (χ4n) is 4.07. The number of likely N-dealkylation sites (N-methyl/N-ethyl adjacent to an activating group) is 1. The molecule has 0 aliphatic carbocycles. The van der Waals surface area contributed by atoms with Gasteiger partial charge in [0.25, 0.3) is 5.91 Å². The average Bonchev–Trinajstić information content (AvgIpc) is 3.34. The van der Waals surface area contributed by atoms with Crippen LogP contribution in [0.1, 0.15) is 36.7 Å². The molecule has 3 aromatic rings. The van der Waals surface area contributed by atoms with E-state index >= 15 is 0 Å². The monoisotopic (exact) mass is 546 g/mol. The number of hydrogen-bond donors (Lipinski definition) is 2. The number of ether oxygens (including phenoxy) is 1. The standard InChI is InChI=1S/C28H30N6O6/c1-28(2,3)40-27(37)32(4)14-6-9-24(35)30-20-7-5-8-21(16-20)33-17-23(25(31-33)34(38)39)18-10-11-22-19(15-18)12-13-29-26(22)36/h5-11,15-17H,12-14H2,1-4H3,(H,29,36)(H,30,35)/b9-6+. The molecule has 0 saturated carbocycles. The molecule has 1 aliphatic heterocycles. The van der Waals surface area contributed by atoms with E-state index in [9.17, 15) is 24.5 Å². The molecule has 2 aromatic carbocycles. The van der Waals surface area contributed by atoms with Crippen LogP contribution in [0.5, 0.6) is 0 Å². The lowest BCUT2D eigenvalue weighted by Gasteiger charge is -2.23. The quantitative estimate of drug-likeness (QED) is 0.257. The first-order valence-electron chi connectivity index (χ1n) is 12.6. The van der Waals surface area contributed by atoms with E-state index in [1.807, 2.05) is 0 Å². The molecule has 12 heteroatoms. The molecule has 0 atom stereocenters. The fourth-order valence-corrected chi connectivity index (χ4v) is 4.07. The molecular formula is C28H30N6O6. The van der Waals surface area contributed by atoms with Gasteiger partial charge >= 0.3 is 11.9 Å². The van der Waals surface area contributed by atoms with Crippen LogP contribution in [0, 0.1) is 10.1 Å². The van der Waals surface area contributed by atoms with Crippen molar-refractivity contribution < 1.29 is 24.0 Å². The van der Waals surface area contributed by atoms with Crippen LogP contribution in [-0.2, 0) is 16.0 Å². The second kappa shape index (κ2) is 11.4. The molecule has 2 heterocycles. The summed E-state index contributed by atoms with van der Waals surface area (Å²) in [6.45, 7) is 5.99. The van der Waals surface area contributed by atoms with Gasteiger partial charge in [0.2, 0.25) is 5.91 Å².